The van der Waals surface area contributed by atoms with E-state index in [-0.39, 0.29) is 11.9 Å². The summed E-state index contributed by atoms with van der Waals surface area (Å²) in [4.78, 5) is 21.1. The summed E-state index contributed by atoms with van der Waals surface area (Å²) in [7, 11) is 1.93. The average Bonchev–Trinajstić information content (AvgIpc) is 3.08. The number of anilines is 1. The van der Waals surface area contributed by atoms with E-state index >= 15 is 0 Å². The van der Waals surface area contributed by atoms with Crippen molar-refractivity contribution in [3.05, 3.63) is 46.8 Å². The van der Waals surface area contributed by atoms with E-state index in [9.17, 15) is 4.79 Å². The molecule has 0 aromatic carbocycles. The van der Waals surface area contributed by atoms with Crippen LogP contribution in [0.2, 0.25) is 0 Å². The van der Waals surface area contributed by atoms with Gasteiger partial charge in [-0.3, -0.25) is 4.79 Å². The molecule has 1 saturated heterocycles. The minimum atomic E-state index is 0.200. The van der Waals surface area contributed by atoms with E-state index in [1.54, 1.807) is 11.3 Å². The summed E-state index contributed by atoms with van der Waals surface area (Å²) in [6, 6.07) is 8.27. The van der Waals surface area contributed by atoms with Crippen LogP contribution in [0.15, 0.2) is 41.2 Å². The average molecular weight is 315 g/mol. The number of carbonyl (C=O) groups excluding carboxylic acids is 1. The number of rotatable bonds is 4. The van der Waals surface area contributed by atoms with Crippen molar-refractivity contribution in [2.24, 2.45) is 0 Å². The smallest absolute Gasteiger partial charge is 0.227 e. The predicted octanol–water partition coefficient (Wildman–Crippen LogP) is 2.81. The van der Waals surface area contributed by atoms with Gasteiger partial charge in [0.2, 0.25) is 5.91 Å². The molecule has 0 N–H and O–H groups in total. The Hall–Kier alpha value is -1.88. The van der Waals surface area contributed by atoms with Crippen molar-refractivity contribution < 1.29 is 4.79 Å². The van der Waals surface area contributed by atoms with Crippen LogP contribution in [0.3, 0.4) is 0 Å². The number of aromatic nitrogens is 1. The van der Waals surface area contributed by atoms with E-state index in [0.717, 1.165) is 37.3 Å². The first-order valence-corrected chi connectivity index (χ1v) is 8.61. The van der Waals surface area contributed by atoms with Crippen molar-refractivity contribution in [3.8, 4) is 0 Å². The minimum Gasteiger partial charge on any atom is -0.355 e. The third kappa shape index (κ3) is 3.47. The van der Waals surface area contributed by atoms with E-state index in [0.29, 0.717) is 6.42 Å². The first-order chi connectivity index (χ1) is 10.7. The van der Waals surface area contributed by atoms with Crippen molar-refractivity contribution in [3.63, 3.8) is 0 Å². The van der Waals surface area contributed by atoms with E-state index in [1.165, 1.54) is 0 Å². The van der Waals surface area contributed by atoms with Crippen molar-refractivity contribution in [2.45, 2.75) is 25.3 Å². The van der Waals surface area contributed by atoms with E-state index in [4.69, 9.17) is 0 Å². The lowest BCUT2D eigenvalue weighted by Crippen LogP contribution is -2.49. The van der Waals surface area contributed by atoms with E-state index in [1.807, 2.05) is 53.2 Å². The van der Waals surface area contributed by atoms with Gasteiger partial charge in [0.1, 0.15) is 5.82 Å². The Bertz CT molecular complexity index is 600. The monoisotopic (exact) mass is 315 g/mol. The van der Waals surface area contributed by atoms with Crippen molar-refractivity contribution in [2.75, 3.05) is 25.0 Å². The van der Waals surface area contributed by atoms with Crippen LogP contribution in [-0.4, -0.2) is 42.0 Å². The van der Waals surface area contributed by atoms with Gasteiger partial charge >= 0.3 is 0 Å². The van der Waals surface area contributed by atoms with Gasteiger partial charge in [-0.15, -0.1) is 0 Å². The lowest BCUT2D eigenvalue weighted by atomic mass is 10.0. The second kappa shape index (κ2) is 6.92. The first kappa shape index (κ1) is 15.0. The maximum absolute atomic E-state index is 12.4. The molecule has 1 unspecified atom stereocenters. The molecule has 2 aromatic heterocycles. The molecule has 1 fully saturated rings. The number of hydrogen-bond acceptors (Lipinski definition) is 4. The van der Waals surface area contributed by atoms with Gasteiger partial charge in [-0.25, -0.2) is 4.98 Å². The second-order valence-corrected chi connectivity index (χ2v) is 6.52. The minimum absolute atomic E-state index is 0.200. The molecular weight excluding hydrogens is 294 g/mol. The fourth-order valence-electron chi connectivity index (χ4n) is 2.92. The molecule has 4 nitrogen and oxygen atoms in total. The maximum atomic E-state index is 12.4. The summed E-state index contributed by atoms with van der Waals surface area (Å²) in [6.45, 7) is 1.88. The Kier molecular flexibility index (Phi) is 4.73. The number of thiophene rings is 1. The van der Waals surface area contributed by atoms with Gasteiger partial charge in [0, 0.05) is 32.4 Å². The fraction of sp³-hybridized carbons (Fsp3) is 0.412. The molecule has 1 aliphatic heterocycles. The Morgan fingerprint density at radius 1 is 1.45 bits per heavy atom. The maximum Gasteiger partial charge on any atom is 0.227 e. The molecule has 116 valence electrons. The Morgan fingerprint density at radius 3 is 3.09 bits per heavy atom. The number of hydrogen-bond donors (Lipinski definition) is 0. The number of piperidine rings is 1. The van der Waals surface area contributed by atoms with Crippen LogP contribution in [0, 0.1) is 0 Å². The molecule has 5 heteroatoms. The molecule has 0 aliphatic carbocycles. The number of likely N-dealkylation sites (N-methyl/N-ethyl adjacent to an activating group) is 1. The number of carbonyl (C=O) groups is 1. The van der Waals surface area contributed by atoms with Crippen molar-refractivity contribution >= 4 is 23.1 Å². The fourth-order valence-corrected chi connectivity index (χ4v) is 3.58. The van der Waals surface area contributed by atoms with Crippen LogP contribution in [0.1, 0.15) is 18.4 Å². The van der Waals surface area contributed by atoms with Crippen LogP contribution in [0.5, 0.6) is 0 Å². The lowest BCUT2D eigenvalue weighted by molar-refractivity contribution is -0.131. The number of amides is 1. The third-order valence-corrected chi connectivity index (χ3v) is 4.98. The van der Waals surface area contributed by atoms with Gasteiger partial charge < -0.3 is 9.80 Å². The molecule has 0 radical (unpaired) electrons. The van der Waals surface area contributed by atoms with Crippen LogP contribution >= 0.6 is 11.3 Å². The summed E-state index contributed by atoms with van der Waals surface area (Å²) in [5, 5.41) is 4.07. The molecule has 0 saturated carbocycles. The zero-order valence-corrected chi connectivity index (χ0v) is 13.6. The van der Waals surface area contributed by atoms with Gasteiger partial charge in [0.05, 0.1) is 6.42 Å². The molecule has 2 aromatic rings. The summed E-state index contributed by atoms with van der Waals surface area (Å²) >= 11 is 1.64. The Morgan fingerprint density at radius 2 is 2.36 bits per heavy atom. The van der Waals surface area contributed by atoms with Crippen molar-refractivity contribution in [1.29, 1.82) is 0 Å². The Balaban J connectivity index is 1.62. The van der Waals surface area contributed by atoms with E-state index < -0.39 is 0 Å². The van der Waals surface area contributed by atoms with Gasteiger partial charge in [-0.1, -0.05) is 6.07 Å². The first-order valence-electron chi connectivity index (χ1n) is 7.67. The third-order valence-electron chi connectivity index (χ3n) is 4.25. The van der Waals surface area contributed by atoms with Gasteiger partial charge in [-0.2, -0.15) is 11.3 Å². The summed E-state index contributed by atoms with van der Waals surface area (Å²) in [5.41, 5.74) is 1.11. The molecular formula is C17H21N3OS. The molecule has 1 atom stereocenters. The summed E-state index contributed by atoms with van der Waals surface area (Å²) in [5.74, 6) is 1.21. The Labute approximate surface area is 135 Å². The summed E-state index contributed by atoms with van der Waals surface area (Å²) in [6.07, 6.45) is 4.48. The standard InChI is InChI=1S/C17H21N3OS/c1-19(17(21)11-14-7-10-22-13-14)15-5-4-9-20(12-15)16-6-2-3-8-18-16/h2-3,6-8,10,13,15H,4-5,9,11-12H2,1H3. The molecule has 1 aliphatic rings. The highest BCUT2D eigenvalue weighted by Crippen LogP contribution is 2.20. The predicted molar refractivity (Wildman–Crippen MR) is 90.3 cm³/mol. The molecule has 1 amide bonds. The number of nitrogens with zero attached hydrogens (tertiary/aromatic N) is 3. The second-order valence-electron chi connectivity index (χ2n) is 5.74. The molecule has 0 spiro atoms. The molecule has 0 bridgehead atoms. The molecule has 3 heterocycles. The topological polar surface area (TPSA) is 36.4 Å². The van der Waals surface area contributed by atoms with Crippen LogP contribution in [-0.2, 0) is 11.2 Å². The quantitative estimate of drug-likeness (QED) is 0.870. The lowest BCUT2D eigenvalue weighted by Gasteiger charge is -2.38. The highest BCUT2D eigenvalue weighted by atomic mass is 32.1. The zero-order chi connectivity index (χ0) is 15.4. The zero-order valence-electron chi connectivity index (χ0n) is 12.8. The molecule has 22 heavy (non-hydrogen) atoms. The SMILES string of the molecule is CN(C(=O)Cc1ccsc1)C1CCCN(c2ccccn2)C1. The van der Waals surface area contributed by atoms with Gasteiger partial charge in [0.25, 0.3) is 0 Å². The largest absolute Gasteiger partial charge is 0.355 e. The van der Waals surface area contributed by atoms with Crippen LogP contribution < -0.4 is 4.90 Å². The van der Waals surface area contributed by atoms with E-state index in [2.05, 4.69) is 9.88 Å². The normalized spacial score (nSPS) is 18.2. The summed E-state index contributed by atoms with van der Waals surface area (Å²) < 4.78 is 0. The molecule has 3 rings (SSSR count). The van der Waals surface area contributed by atoms with Crippen LogP contribution in [0.4, 0.5) is 5.82 Å². The van der Waals surface area contributed by atoms with Gasteiger partial charge in [-0.05, 0) is 47.4 Å². The van der Waals surface area contributed by atoms with Crippen LogP contribution in [0.25, 0.3) is 0 Å². The van der Waals surface area contributed by atoms with Gasteiger partial charge in [0.15, 0.2) is 0 Å². The highest BCUT2D eigenvalue weighted by Gasteiger charge is 2.26. The van der Waals surface area contributed by atoms with Crippen molar-refractivity contribution in [1.82, 2.24) is 9.88 Å². The number of pyridine rings is 1. The highest BCUT2D eigenvalue weighted by molar-refractivity contribution is 7.07.